The number of urea groups is 1. The molecule has 0 spiro atoms. The molecule has 0 radical (unpaired) electrons. The fourth-order valence-electron chi connectivity index (χ4n) is 2.74. The fraction of sp³-hybridized carbons (Fsp3) is 0.200. The molecule has 0 aliphatic heterocycles. The van der Waals surface area contributed by atoms with Crippen molar-refractivity contribution in [1.29, 1.82) is 0 Å². The lowest BCUT2D eigenvalue weighted by molar-refractivity contribution is -0.151. The van der Waals surface area contributed by atoms with Crippen LogP contribution in [0.1, 0.15) is 12.5 Å². The molecule has 156 valence electrons. The summed E-state index contributed by atoms with van der Waals surface area (Å²) in [6.45, 7) is 1.92. The van der Waals surface area contributed by atoms with Crippen molar-refractivity contribution in [2.24, 2.45) is 5.73 Å². The first-order valence-electron chi connectivity index (χ1n) is 8.96. The predicted molar refractivity (Wildman–Crippen MR) is 114 cm³/mol. The number of benzene rings is 2. The highest BCUT2D eigenvalue weighted by molar-refractivity contribution is 7.99. The second kappa shape index (κ2) is 9.64. The number of ether oxygens (including phenoxy) is 1. The van der Waals surface area contributed by atoms with Gasteiger partial charge in [-0.15, -0.1) is 0 Å². The lowest BCUT2D eigenvalue weighted by Crippen LogP contribution is -2.42. The Bertz CT molecular complexity index is 1090. The Morgan fingerprint density at radius 3 is 2.67 bits per heavy atom. The zero-order valence-corrected chi connectivity index (χ0v) is 17.6. The number of halogens is 1. The average molecular weight is 447 g/mol. The molecular weight excluding hydrogens is 428 g/mol. The van der Waals surface area contributed by atoms with Gasteiger partial charge in [0.2, 0.25) is 0 Å². The largest absolute Gasteiger partial charge is 0.452 e. The topological polar surface area (TPSA) is 116 Å². The molecule has 1 heterocycles. The highest BCUT2D eigenvalue weighted by Gasteiger charge is 2.20. The van der Waals surface area contributed by atoms with Crippen molar-refractivity contribution < 1.29 is 19.1 Å². The third-order valence-electron chi connectivity index (χ3n) is 4.10. The van der Waals surface area contributed by atoms with Gasteiger partial charge < -0.3 is 15.0 Å². The summed E-state index contributed by atoms with van der Waals surface area (Å²) >= 11 is 7.27. The molecule has 0 aliphatic rings. The van der Waals surface area contributed by atoms with E-state index in [1.54, 1.807) is 12.1 Å². The number of amides is 3. The van der Waals surface area contributed by atoms with Crippen LogP contribution in [0.4, 0.5) is 4.79 Å². The third-order valence-corrected chi connectivity index (χ3v) is 5.29. The number of nitrogens with zero attached hydrogens (tertiary/aromatic N) is 2. The van der Waals surface area contributed by atoms with Crippen LogP contribution in [0, 0.1) is 0 Å². The number of esters is 1. The zero-order chi connectivity index (χ0) is 21.7. The minimum Gasteiger partial charge on any atom is -0.452 e. The summed E-state index contributed by atoms with van der Waals surface area (Å²) in [6.07, 6.45) is -1.15. The summed E-state index contributed by atoms with van der Waals surface area (Å²) in [5.74, 6) is -1.48. The van der Waals surface area contributed by atoms with E-state index in [1.807, 2.05) is 46.3 Å². The van der Waals surface area contributed by atoms with Gasteiger partial charge in [0, 0.05) is 5.02 Å². The summed E-state index contributed by atoms with van der Waals surface area (Å²) in [5.41, 5.74) is 7.56. The number of carbonyl (C=O) groups excluding carboxylic acids is 3. The van der Waals surface area contributed by atoms with Crippen molar-refractivity contribution in [2.75, 3.05) is 5.75 Å². The molecule has 30 heavy (non-hydrogen) atoms. The molecule has 1 aromatic heterocycles. The van der Waals surface area contributed by atoms with Crippen molar-refractivity contribution in [2.45, 2.75) is 24.7 Å². The van der Waals surface area contributed by atoms with E-state index >= 15 is 0 Å². The number of aromatic nitrogens is 2. The molecule has 3 aromatic rings. The number of hydrogen-bond acceptors (Lipinski definition) is 6. The maximum absolute atomic E-state index is 12.2. The molecule has 3 rings (SSSR count). The molecule has 0 aliphatic carbocycles. The molecule has 10 heteroatoms. The van der Waals surface area contributed by atoms with Gasteiger partial charge in [-0.1, -0.05) is 53.7 Å². The number of imide groups is 1. The summed E-state index contributed by atoms with van der Waals surface area (Å²) in [7, 11) is 0. The number of carbonyl (C=O) groups is 3. The SMILES string of the molecule is CC(OC(=O)CSc1nc2cc(Cl)ccc2n1Cc1ccccc1)C(=O)NC(N)=O. The Morgan fingerprint density at radius 2 is 1.97 bits per heavy atom. The number of hydrogen-bond donors (Lipinski definition) is 2. The Morgan fingerprint density at radius 1 is 1.23 bits per heavy atom. The smallest absolute Gasteiger partial charge is 0.318 e. The van der Waals surface area contributed by atoms with Gasteiger partial charge in [-0.2, -0.15) is 0 Å². The van der Waals surface area contributed by atoms with E-state index in [0.29, 0.717) is 22.2 Å². The zero-order valence-electron chi connectivity index (χ0n) is 16.0. The van der Waals surface area contributed by atoms with Gasteiger partial charge in [0.25, 0.3) is 5.91 Å². The molecule has 2 aromatic carbocycles. The predicted octanol–water partition coefficient (Wildman–Crippen LogP) is 2.96. The van der Waals surface area contributed by atoms with Gasteiger partial charge in [0.05, 0.1) is 23.3 Å². The first-order chi connectivity index (χ1) is 14.3. The lowest BCUT2D eigenvalue weighted by atomic mass is 10.2. The minimum absolute atomic E-state index is 0.0694. The molecule has 3 N–H and O–H groups in total. The van der Waals surface area contributed by atoms with E-state index in [0.717, 1.165) is 11.1 Å². The second-order valence-electron chi connectivity index (χ2n) is 6.37. The maximum Gasteiger partial charge on any atom is 0.318 e. The fourth-order valence-corrected chi connectivity index (χ4v) is 3.70. The number of rotatable bonds is 7. The third kappa shape index (κ3) is 5.52. The molecule has 0 fully saturated rings. The van der Waals surface area contributed by atoms with Gasteiger partial charge >= 0.3 is 12.0 Å². The molecule has 0 bridgehead atoms. The number of primary amides is 1. The normalized spacial score (nSPS) is 11.8. The monoisotopic (exact) mass is 446 g/mol. The Hall–Kier alpha value is -3.04. The number of nitrogens with one attached hydrogen (secondary N) is 1. The van der Waals surface area contributed by atoms with E-state index in [4.69, 9.17) is 22.1 Å². The molecule has 3 amide bonds. The van der Waals surface area contributed by atoms with E-state index in [-0.39, 0.29) is 5.75 Å². The highest BCUT2D eigenvalue weighted by atomic mass is 35.5. The Kier molecular flexibility index (Phi) is 6.96. The van der Waals surface area contributed by atoms with E-state index in [1.165, 1.54) is 18.7 Å². The van der Waals surface area contributed by atoms with E-state index in [2.05, 4.69) is 4.98 Å². The van der Waals surface area contributed by atoms with Gasteiger partial charge in [-0.3, -0.25) is 14.9 Å². The van der Waals surface area contributed by atoms with Crippen molar-refractivity contribution in [3.05, 3.63) is 59.1 Å². The van der Waals surface area contributed by atoms with Crippen LogP contribution in [0.25, 0.3) is 11.0 Å². The summed E-state index contributed by atoms with van der Waals surface area (Å²) < 4.78 is 7.04. The summed E-state index contributed by atoms with van der Waals surface area (Å²) in [4.78, 5) is 39.1. The first kappa shape index (κ1) is 21.7. The van der Waals surface area contributed by atoms with E-state index < -0.39 is 24.0 Å². The van der Waals surface area contributed by atoms with Crippen LogP contribution in [-0.4, -0.2) is 39.3 Å². The van der Waals surface area contributed by atoms with Crippen LogP contribution in [-0.2, 0) is 20.9 Å². The maximum atomic E-state index is 12.2. The molecule has 8 nitrogen and oxygen atoms in total. The van der Waals surface area contributed by atoms with Crippen molar-refractivity contribution in [3.63, 3.8) is 0 Å². The van der Waals surface area contributed by atoms with Crippen molar-refractivity contribution in [3.8, 4) is 0 Å². The molecule has 0 saturated heterocycles. The van der Waals surface area contributed by atoms with Crippen LogP contribution >= 0.6 is 23.4 Å². The summed E-state index contributed by atoms with van der Waals surface area (Å²) in [5, 5.41) is 3.05. The Labute approximate surface area is 181 Å². The van der Waals surface area contributed by atoms with Crippen molar-refractivity contribution in [1.82, 2.24) is 14.9 Å². The van der Waals surface area contributed by atoms with Crippen molar-refractivity contribution >= 4 is 52.3 Å². The number of fused-ring (bicyclic) bond motifs is 1. The first-order valence-corrected chi connectivity index (χ1v) is 10.3. The number of thioether (sulfide) groups is 1. The molecule has 1 unspecified atom stereocenters. The quantitative estimate of drug-likeness (QED) is 0.425. The van der Waals surface area contributed by atoms with Gasteiger partial charge in [-0.25, -0.2) is 9.78 Å². The van der Waals surface area contributed by atoms with Crippen LogP contribution in [0.15, 0.2) is 53.7 Å². The second-order valence-corrected chi connectivity index (χ2v) is 7.75. The highest BCUT2D eigenvalue weighted by Crippen LogP contribution is 2.27. The van der Waals surface area contributed by atoms with Gasteiger partial charge in [0.1, 0.15) is 0 Å². The van der Waals surface area contributed by atoms with Gasteiger partial charge in [0.15, 0.2) is 11.3 Å². The average Bonchev–Trinajstić information content (AvgIpc) is 3.03. The van der Waals surface area contributed by atoms with Gasteiger partial charge in [-0.05, 0) is 30.7 Å². The molecule has 1 atom stereocenters. The van der Waals surface area contributed by atoms with Crippen LogP contribution in [0.2, 0.25) is 5.02 Å². The van der Waals surface area contributed by atoms with Crippen LogP contribution in [0.3, 0.4) is 0 Å². The molecular formula is C20H19ClN4O4S. The molecule has 0 saturated carbocycles. The lowest BCUT2D eigenvalue weighted by Gasteiger charge is -2.12. The standard InChI is InChI=1S/C20H19ClN4O4S/c1-12(18(27)24-19(22)28)29-17(26)11-30-20-23-15-9-14(21)7-8-16(15)25(20)10-13-5-3-2-4-6-13/h2-9,12H,10-11H2,1H3,(H3,22,24,27,28). The van der Waals surface area contributed by atoms with E-state index in [9.17, 15) is 14.4 Å². The summed E-state index contributed by atoms with van der Waals surface area (Å²) in [6, 6.07) is 14.3. The number of nitrogens with two attached hydrogens (primary N) is 1. The van der Waals surface area contributed by atoms with Crippen LogP contribution in [0.5, 0.6) is 0 Å². The Balaban J connectivity index is 1.75. The minimum atomic E-state index is -1.15. The van der Waals surface area contributed by atoms with Crippen LogP contribution < -0.4 is 11.1 Å². The number of imidazole rings is 1.